The van der Waals surface area contributed by atoms with Crippen molar-refractivity contribution in [1.29, 1.82) is 0 Å². The number of amides is 1. The summed E-state index contributed by atoms with van der Waals surface area (Å²) < 4.78 is 26.8. The second-order valence-electron chi connectivity index (χ2n) is 6.94. The molecule has 2 heterocycles. The molecule has 1 unspecified atom stereocenters. The van der Waals surface area contributed by atoms with Crippen molar-refractivity contribution in [2.75, 3.05) is 12.3 Å². The quantitative estimate of drug-likeness (QED) is 0.900. The number of benzene rings is 1. The largest absolute Gasteiger partial charge is 0.326 e. The third-order valence-electron chi connectivity index (χ3n) is 4.69. The van der Waals surface area contributed by atoms with Crippen LogP contribution < -0.4 is 5.69 Å². The topological polar surface area (TPSA) is 92.2 Å². The molecule has 2 aromatic rings. The van der Waals surface area contributed by atoms with Crippen molar-refractivity contribution in [3.05, 3.63) is 34.2 Å². The summed E-state index contributed by atoms with van der Waals surface area (Å²) in [6, 6.07) is 4.88. The van der Waals surface area contributed by atoms with Gasteiger partial charge in [-0.05, 0) is 42.9 Å². The number of carbonyl (C=O) groups excluding carboxylic acids is 1. The lowest BCUT2D eigenvalue weighted by molar-refractivity contribution is 0.0863. The normalized spacial score (nSPS) is 23.0. The summed E-state index contributed by atoms with van der Waals surface area (Å²) in [5.74, 6) is -0.0475. The fourth-order valence-electron chi connectivity index (χ4n) is 3.29. The van der Waals surface area contributed by atoms with Gasteiger partial charge in [-0.1, -0.05) is 6.92 Å². The molecule has 24 heavy (non-hydrogen) atoms. The van der Waals surface area contributed by atoms with Gasteiger partial charge in [0, 0.05) is 18.7 Å². The average molecular weight is 349 g/mol. The molecule has 8 heteroatoms. The van der Waals surface area contributed by atoms with Crippen molar-refractivity contribution >= 4 is 27.0 Å². The number of imidazole rings is 1. The molecule has 0 radical (unpaired) electrons. The summed E-state index contributed by atoms with van der Waals surface area (Å²) >= 11 is 0. The van der Waals surface area contributed by atoms with Crippen molar-refractivity contribution < 1.29 is 13.2 Å². The molecular weight excluding hydrogens is 330 g/mol. The van der Waals surface area contributed by atoms with Crippen LogP contribution in [0.3, 0.4) is 0 Å². The number of sulfonamides is 1. The molecule has 1 aliphatic carbocycles. The Balaban J connectivity index is 1.70. The van der Waals surface area contributed by atoms with Gasteiger partial charge in [-0.15, -0.1) is 0 Å². The zero-order valence-corrected chi connectivity index (χ0v) is 14.2. The number of rotatable bonds is 3. The minimum Gasteiger partial charge on any atom is -0.306 e. The van der Waals surface area contributed by atoms with Gasteiger partial charge in [0.05, 0.1) is 16.8 Å². The van der Waals surface area contributed by atoms with Crippen molar-refractivity contribution in [3.63, 3.8) is 0 Å². The number of nitrogens with one attached hydrogen (secondary N) is 1. The van der Waals surface area contributed by atoms with Gasteiger partial charge >= 0.3 is 5.69 Å². The lowest BCUT2D eigenvalue weighted by Gasteiger charge is -2.15. The Labute approximate surface area is 139 Å². The van der Waals surface area contributed by atoms with Crippen molar-refractivity contribution in [1.82, 2.24) is 13.9 Å². The average Bonchev–Trinajstić information content (AvgIpc) is 3.21. The minimum atomic E-state index is -3.54. The molecule has 1 N–H and O–H groups in total. The number of aromatic amines is 1. The maximum atomic E-state index is 12.6. The summed E-state index contributed by atoms with van der Waals surface area (Å²) in [4.78, 5) is 27.4. The first-order valence-electron chi connectivity index (χ1n) is 8.12. The molecule has 1 aromatic heterocycles. The van der Waals surface area contributed by atoms with Crippen LogP contribution in [-0.4, -0.2) is 40.5 Å². The molecule has 1 aliphatic heterocycles. The van der Waals surface area contributed by atoms with Gasteiger partial charge in [0.25, 0.3) is 5.91 Å². The fraction of sp³-hybridized carbons (Fsp3) is 0.500. The molecule has 2 fully saturated rings. The number of nitrogens with zero attached hydrogens (tertiary/aromatic N) is 2. The lowest BCUT2D eigenvalue weighted by Crippen LogP contribution is -2.32. The number of aromatic nitrogens is 2. The first kappa shape index (κ1) is 15.4. The first-order valence-corrected chi connectivity index (χ1v) is 9.73. The summed E-state index contributed by atoms with van der Waals surface area (Å²) in [6.45, 7) is 2.70. The minimum absolute atomic E-state index is 0.00438. The Kier molecular flexibility index (Phi) is 3.35. The van der Waals surface area contributed by atoms with Gasteiger partial charge in [-0.3, -0.25) is 9.36 Å². The van der Waals surface area contributed by atoms with E-state index >= 15 is 0 Å². The van der Waals surface area contributed by atoms with E-state index in [1.807, 2.05) is 6.92 Å². The monoisotopic (exact) mass is 349 g/mol. The van der Waals surface area contributed by atoms with Gasteiger partial charge < -0.3 is 4.98 Å². The van der Waals surface area contributed by atoms with Crippen LogP contribution in [0.15, 0.2) is 23.0 Å². The molecule has 0 spiro atoms. The maximum absolute atomic E-state index is 12.6. The van der Waals surface area contributed by atoms with E-state index < -0.39 is 15.9 Å². The fourth-order valence-corrected chi connectivity index (χ4v) is 5.13. The molecule has 128 valence electrons. The van der Waals surface area contributed by atoms with E-state index in [1.54, 1.807) is 22.8 Å². The van der Waals surface area contributed by atoms with Crippen LogP contribution in [0.2, 0.25) is 0 Å². The lowest BCUT2D eigenvalue weighted by atomic mass is 10.1. The Morgan fingerprint density at radius 1 is 1.33 bits per heavy atom. The van der Waals surface area contributed by atoms with Gasteiger partial charge in [-0.2, -0.15) is 0 Å². The third kappa shape index (κ3) is 2.54. The molecule has 1 amide bonds. The molecule has 7 nitrogen and oxygen atoms in total. The highest BCUT2D eigenvalue weighted by Crippen LogP contribution is 2.31. The Morgan fingerprint density at radius 2 is 2.08 bits per heavy atom. The second kappa shape index (κ2) is 5.20. The van der Waals surface area contributed by atoms with Gasteiger partial charge in [-0.25, -0.2) is 17.5 Å². The predicted molar refractivity (Wildman–Crippen MR) is 89.3 cm³/mol. The number of carbonyl (C=O) groups is 1. The summed E-state index contributed by atoms with van der Waals surface area (Å²) in [5.41, 5.74) is 1.40. The molecular formula is C16H19N3O4S. The Bertz CT molecular complexity index is 984. The molecule has 1 atom stereocenters. The van der Waals surface area contributed by atoms with Gasteiger partial charge in [0.15, 0.2) is 0 Å². The molecule has 4 rings (SSSR count). The summed E-state index contributed by atoms with van der Waals surface area (Å²) in [6.07, 6.45) is 2.28. The zero-order chi connectivity index (χ0) is 17.1. The van der Waals surface area contributed by atoms with E-state index in [2.05, 4.69) is 4.98 Å². The van der Waals surface area contributed by atoms with E-state index in [0.717, 1.165) is 22.7 Å². The van der Waals surface area contributed by atoms with Crippen LogP contribution in [0.4, 0.5) is 0 Å². The van der Waals surface area contributed by atoms with Crippen molar-refractivity contribution in [2.45, 2.75) is 26.3 Å². The highest BCUT2D eigenvalue weighted by molar-refractivity contribution is 7.89. The van der Waals surface area contributed by atoms with Gasteiger partial charge in [0.1, 0.15) is 0 Å². The highest BCUT2D eigenvalue weighted by Gasteiger charge is 2.37. The van der Waals surface area contributed by atoms with Gasteiger partial charge in [0.2, 0.25) is 10.0 Å². The SMILES string of the molecule is CC1CN(C(=O)c2ccc3c(c2)[nH]c(=O)n3CC2CC2)S(=O)(=O)C1. The second-order valence-corrected chi connectivity index (χ2v) is 8.87. The Morgan fingerprint density at radius 3 is 2.71 bits per heavy atom. The van der Waals surface area contributed by atoms with Crippen LogP contribution in [0.5, 0.6) is 0 Å². The van der Waals surface area contributed by atoms with Crippen LogP contribution >= 0.6 is 0 Å². The number of hydrogen-bond acceptors (Lipinski definition) is 4. The van der Waals surface area contributed by atoms with E-state index in [0.29, 0.717) is 18.0 Å². The van der Waals surface area contributed by atoms with E-state index in [-0.39, 0.29) is 29.5 Å². The molecule has 1 aromatic carbocycles. The Hall–Kier alpha value is -2.09. The summed E-state index contributed by atoms with van der Waals surface area (Å²) in [5, 5.41) is 0. The van der Waals surface area contributed by atoms with Crippen molar-refractivity contribution in [3.8, 4) is 0 Å². The van der Waals surface area contributed by atoms with E-state index in [4.69, 9.17) is 0 Å². The predicted octanol–water partition coefficient (Wildman–Crippen LogP) is 1.16. The summed E-state index contributed by atoms with van der Waals surface area (Å²) in [7, 11) is -3.54. The number of H-pyrrole nitrogens is 1. The number of fused-ring (bicyclic) bond motifs is 1. The molecule has 1 saturated heterocycles. The maximum Gasteiger partial charge on any atom is 0.326 e. The van der Waals surface area contributed by atoms with Crippen molar-refractivity contribution in [2.24, 2.45) is 11.8 Å². The van der Waals surface area contributed by atoms with Crippen LogP contribution in [0.1, 0.15) is 30.1 Å². The number of hydrogen-bond donors (Lipinski definition) is 1. The van der Waals surface area contributed by atoms with E-state index in [9.17, 15) is 18.0 Å². The van der Waals surface area contributed by atoms with Crippen LogP contribution in [0.25, 0.3) is 11.0 Å². The third-order valence-corrected chi connectivity index (χ3v) is 6.67. The highest BCUT2D eigenvalue weighted by atomic mass is 32.2. The first-order chi connectivity index (χ1) is 11.3. The molecule has 2 aliphatic rings. The molecule has 1 saturated carbocycles. The molecule has 0 bridgehead atoms. The van der Waals surface area contributed by atoms with E-state index in [1.165, 1.54) is 0 Å². The standard InChI is InChI=1S/C16H19N3O4S/c1-10-7-19(24(22,23)9-10)15(20)12-4-5-14-13(6-12)17-16(21)18(14)8-11-2-3-11/h4-6,10-11H,2-3,7-9H2,1H3,(H,17,21). The smallest absolute Gasteiger partial charge is 0.306 e. The zero-order valence-electron chi connectivity index (χ0n) is 13.4. The van der Waals surface area contributed by atoms with Crippen LogP contribution in [-0.2, 0) is 16.6 Å². The van der Waals surface area contributed by atoms with Crippen LogP contribution in [0, 0.1) is 11.8 Å².